The maximum Gasteiger partial charge on any atom is 0.122 e. The van der Waals surface area contributed by atoms with Gasteiger partial charge in [-0.1, -0.05) is 26.0 Å². The lowest BCUT2D eigenvalue weighted by Crippen LogP contribution is -2.09. The molecule has 0 saturated carbocycles. The third-order valence-electron chi connectivity index (χ3n) is 2.68. The van der Waals surface area contributed by atoms with Crippen LogP contribution in [-0.2, 0) is 6.42 Å². The average molecular weight is 193 g/mol. The van der Waals surface area contributed by atoms with E-state index in [1.807, 2.05) is 19.9 Å². The van der Waals surface area contributed by atoms with E-state index in [4.69, 9.17) is 5.73 Å². The molecule has 1 unspecified atom stereocenters. The van der Waals surface area contributed by atoms with Gasteiger partial charge in [-0.05, 0) is 42.5 Å². The Morgan fingerprint density at radius 1 is 1.43 bits per heavy atom. The highest BCUT2D eigenvalue weighted by Gasteiger charge is 2.11. The molecule has 0 heterocycles. The van der Waals surface area contributed by atoms with Crippen molar-refractivity contribution >= 4 is 0 Å². The molecule has 0 fully saturated rings. The van der Waals surface area contributed by atoms with Crippen molar-refractivity contribution in [2.75, 3.05) is 6.54 Å². The van der Waals surface area contributed by atoms with Gasteiger partial charge in [0.1, 0.15) is 5.75 Å². The molecule has 0 aliphatic carbocycles. The number of aryl methyl sites for hydroxylation is 2. The van der Waals surface area contributed by atoms with Gasteiger partial charge in [0.25, 0.3) is 0 Å². The molecule has 1 aromatic rings. The van der Waals surface area contributed by atoms with Crippen molar-refractivity contribution in [2.24, 2.45) is 5.73 Å². The summed E-state index contributed by atoms with van der Waals surface area (Å²) in [5, 5.41) is 9.86. The van der Waals surface area contributed by atoms with Crippen molar-refractivity contribution in [1.82, 2.24) is 0 Å². The predicted molar refractivity (Wildman–Crippen MR) is 59.7 cm³/mol. The second kappa shape index (κ2) is 4.47. The Bertz CT molecular complexity index is 320. The molecule has 2 heteroatoms. The molecule has 1 aromatic carbocycles. The Morgan fingerprint density at radius 2 is 2.07 bits per heavy atom. The monoisotopic (exact) mass is 193 g/mol. The minimum atomic E-state index is 0.222. The second-order valence-electron chi connectivity index (χ2n) is 3.84. The lowest BCUT2D eigenvalue weighted by molar-refractivity contribution is 0.459. The van der Waals surface area contributed by atoms with Gasteiger partial charge in [-0.25, -0.2) is 0 Å². The molecule has 2 nitrogen and oxygen atoms in total. The van der Waals surface area contributed by atoms with E-state index in [1.165, 1.54) is 5.56 Å². The van der Waals surface area contributed by atoms with Gasteiger partial charge in [0.05, 0.1) is 0 Å². The van der Waals surface area contributed by atoms with Gasteiger partial charge >= 0.3 is 0 Å². The zero-order chi connectivity index (χ0) is 10.7. The molecule has 0 amide bonds. The van der Waals surface area contributed by atoms with Crippen LogP contribution in [0.2, 0.25) is 0 Å². The third-order valence-corrected chi connectivity index (χ3v) is 2.68. The molecular formula is C12H19NO. The molecule has 1 atom stereocenters. The number of phenolic OH excluding ortho intramolecular Hbond substituents is 1. The first-order valence-corrected chi connectivity index (χ1v) is 5.12. The first-order chi connectivity index (χ1) is 6.60. The maximum absolute atomic E-state index is 9.86. The minimum absolute atomic E-state index is 0.222. The maximum atomic E-state index is 9.86. The van der Waals surface area contributed by atoms with Gasteiger partial charge in [0.15, 0.2) is 0 Å². The summed E-state index contributed by atoms with van der Waals surface area (Å²) in [6.07, 6.45) is 0.991. The molecule has 1 rings (SSSR count). The van der Waals surface area contributed by atoms with Gasteiger partial charge < -0.3 is 10.8 Å². The van der Waals surface area contributed by atoms with Crippen molar-refractivity contribution in [3.8, 4) is 5.75 Å². The fourth-order valence-electron chi connectivity index (χ4n) is 1.59. The number of benzene rings is 1. The van der Waals surface area contributed by atoms with E-state index in [2.05, 4.69) is 13.0 Å². The summed E-state index contributed by atoms with van der Waals surface area (Å²) < 4.78 is 0. The first-order valence-electron chi connectivity index (χ1n) is 5.12. The van der Waals surface area contributed by atoms with Gasteiger partial charge in [-0.2, -0.15) is 0 Å². The number of nitrogens with two attached hydrogens (primary N) is 1. The van der Waals surface area contributed by atoms with Crippen molar-refractivity contribution in [2.45, 2.75) is 33.1 Å². The SMILES string of the molecule is CCc1cc(C)c(O)c(C(C)CN)c1. The Morgan fingerprint density at radius 3 is 2.57 bits per heavy atom. The van der Waals surface area contributed by atoms with Crippen LogP contribution in [0.3, 0.4) is 0 Å². The topological polar surface area (TPSA) is 46.2 Å². The molecule has 78 valence electrons. The number of aromatic hydroxyl groups is 1. The molecule has 0 aliphatic heterocycles. The van der Waals surface area contributed by atoms with Crippen LogP contribution in [0.4, 0.5) is 0 Å². The fourth-order valence-corrected chi connectivity index (χ4v) is 1.59. The molecule has 0 radical (unpaired) electrons. The van der Waals surface area contributed by atoms with E-state index in [9.17, 15) is 5.11 Å². The van der Waals surface area contributed by atoms with E-state index in [-0.39, 0.29) is 5.92 Å². The minimum Gasteiger partial charge on any atom is -0.507 e. The molecule has 0 spiro atoms. The molecule has 0 aromatic heterocycles. The Balaban J connectivity index is 3.20. The Hall–Kier alpha value is -1.02. The summed E-state index contributed by atoms with van der Waals surface area (Å²) in [7, 11) is 0. The van der Waals surface area contributed by atoms with Gasteiger partial charge in [0.2, 0.25) is 0 Å². The van der Waals surface area contributed by atoms with Gasteiger partial charge in [-0.15, -0.1) is 0 Å². The third kappa shape index (κ3) is 2.07. The van der Waals surface area contributed by atoms with Crippen LogP contribution in [0.25, 0.3) is 0 Å². The zero-order valence-electron chi connectivity index (χ0n) is 9.17. The van der Waals surface area contributed by atoms with E-state index in [0.29, 0.717) is 12.3 Å². The van der Waals surface area contributed by atoms with Crippen molar-refractivity contribution < 1.29 is 5.11 Å². The van der Waals surface area contributed by atoms with Crippen LogP contribution >= 0.6 is 0 Å². The summed E-state index contributed by atoms with van der Waals surface area (Å²) >= 11 is 0. The largest absolute Gasteiger partial charge is 0.507 e. The molecule has 0 aliphatic rings. The van der Waals surface area contributed by atoms with Crippen LogP contribution in [0.15, 0.2) is 12.1 Å². The first kappa shape index (κ1) is 11.1. The number of hydrogen-bond donors (Lipinski definition) is 2. The van der Waals surface area contributed by atoms with Crippen LogP contribution in [0, 0.1) is 6.92 Å². The fraction of sp³-hybridized carbons (Fsp3) is 0.500. The predicted octanol–water partition coefficient (Wildman–Crippen LogP) is 2.33. The molecular weight excluding hydrogens is 174 g/mol. The lowest BCUT2D eigenvalue weighted by Gasteiger charge is -2.14. The molecule has 0 saturated heterocycles. The van der Waals surface area contributed by atoms with Crippen molar-refractivity contribution in [1.29, 1.82) is 0 Å². The summed E-state index contributed by atoms with van der Waals surface area (Å²) in [6, 6.07) is 4.09. The summed E-state index contributed by atoms with van der Waals surface area (Å²) in [5.74, 6) is 0.625. The highest BCUT2D eigenvalue weighted by Crippen LogP contribution is 2.29. The molecule has 3 N–H and O–H groups in total. The van der Waals surface area contributed by atoms with E-state index < -0.39 is 0 Å². The Kier molecular flexibility index (Phi) is 3.53. The summed E-state index contributed by atoms with van der Waals surface area (Å²) in [6.45, 7) is 6.65. The van der Waals surface area contributed by atoms with Crippen molar-refractivity contribution in [3.05, 3.63) is 28.8 Å². The normalized spacial score (nSPS) is 12.9. The lowest BCUT2D eigenvalue weighted by atomic mass is 9.94. The van der Waals surface area contributed by atoms with Gasteiger partial charge in [-0.3, -0.25) is 0 Å². The highest BCUT2D eigenvalue weighted by molar-refractivity contribution is 5.44. The van der Waals surface area contributed by atoms with Crippen molar-refractivity contribution in [3.63, 3.8) is 0 Å². The van der Waals surface area contributed by atoms with E-state index in [0.717, 1.165) is 17.5 Å². The summed E-state index contributed by atoms with van der Waals surface area (Å²) in [5.41, 5.74) is 8.78. The highest BCUT2D eigenvalue weighted by atomic mass is 16.3. The Labute approximate surface area is 85.8 Å². The molecule has 14 heavy (non-hydrogen) atoms. The molecule has 0 bridgehead atoms. The quantitative estimate of drug-likeness (QED) is 0.774. The number of rotatable bonds is 3. The van der Waals surface area contributed by atoms with E-state index >= 15 is 0 Å². The second-order valence-corrected chi connectivity index (χ2v) is 3.84. The van der Waals surface area contributed by atoms with Crippen LogP contribution in [0.1, 0.15) is 36.5 Å². The van der Waals surface area contributed by atoms with Crippen LogP contribution in [0.5, 0.6) is 5.75 Å². The van der Waals surface area contributed by atoms with Crippen LogP contribution < -0.4 is 5.73 Å². The van der Waals surface area contributed by atoms with Crippen LogP contribution in [-0.4, -0.2) is 11.7 Å². The zero-order valence-corrected chi connectivity index (χ0v) is 9.17. The van der Waals surface area contributed by atoms with E-state index in [1.54, 1.807) is 0 Å². The number of hydrogen-bond acceptors (Lipinski definition) is 2. The smallest absolute Gasteiger partial charge is 0.122 e. The summed E-state index contributed by atoms with van der Waals surface area (Å²) in [4.78, 5) is 0. The standard InChI is InChI=1S/C12H19NO/c1-4-10-5-8(2)12(14)11(6-10)9(3)7-13/h5-6,9,14H,4,7,13H2,1-3H3. The number of phenols is 1. The van der Waals surface area contributed by atoms with Gasteiger partial charge in [0, 0.05) is 0 Å². The average Bonchev–Trinajstić information content (AvgIpc) is 2.20.